The summed E-state index contributed by atoms with van der Waals surface area (Å²) in [6.45, 7) is 0.451. The Kier molecular flexibility index (Phi) is 5.34. The Bertz CT molecular complexity index is 453. The summed E-state index contributed by atoms with van der Waals surface area (Å²) in [5.41, 5.74) is 4.66. The van der Waals surface area contributed by atoms with Crippen LogP contribution >= 0.6 is 11.6 Å². The predicted molar refractivity (Wildman–Crippen MR) is 64.7 cm³/mol. The number of hydrogen-bond donors (Lipinski definition) is 3. The van der Waals surface area contributed by atoms with E-state index in [9.17, 15) is 9.59 Å². The van der Waals surface area contributed by atoms with Gasteiger partial charge in [0, 0.05) is 6.54 Å². The van der Waals surface area contributed by atoms with Gasteiger partial charge in [0.25, 0.3) is 0 Å². The summed E-state index contributed by atoms with van der Waals surface area (Å²) in [6, 6.07) is 2.98. The molecular weight excluding hydrogens is 262 g/mol. The van der Waals surface area contributed by atoms with Crippen molar-refractivity contribution in [2.24, 2.45) is 5.73 Å². The molecule has 0 spiro atoms. The lowest BCUT2D eigenvalue weighted by molar-refractivity contribution is -0.122. The van der Waals surface area contributed by atoms with Crippen LogP contribution < -0.4 is 11.1 Å². The van der Waals surface area contributed by atoms with Gasteiger partial charge in [-0.1, -0.05) is 11.6 Å². The largest absolute Gasteiger partial charge is 0.476 e. The molecule has 98 valence electrons. The smallest absolute Gasteiger partial charge is 0.356 e. The van der Waals surface area contributed by atoms with Crippen LogP contribution in [0, 0.1) is 0 Å². The number of nitrogens with two attached hydrogens (primary N) is 1. The van der Waals surface area contributed by atoms with Crippen LogP contribution in [-0.4, -0.2) is 41.7 Å². The number of carboxylic acid groups (broad SMARTS) is 1. The average molecular weight is 274 g/mol. The number of hydrogen-bond acceptors (Lipinski definition) is 5. The number of halogens is 1. The van der Waals surface area contributed by atoms with Gasteiger partial charge in [0.2, 0.25) is 5.91 Å². The van der Waals surface area contributed by atoms with Crippen LogP contribution in [-0.2, 0) is 9.53 Å². The number of pyridine rings is 1. The number of primary amides is 1. The van der Waals surface area contributed by atoms with Crippen LogP contribution in [0.4, 0.5) is 5.82 Å². The maximum absolute atomic E-state index is 10.8. The van der Waals surface area contributed by atoms with E-state index in [1.165, 1.54) is 6.07 Å². The molecule has 4 N–H and O–H groups in total. The monoisotopic (exact) mass is 273 g/mol. The summed E-state index contributed by atoms with van der Waals surface area (Å²) in [6.07, 6.45) is 0. The maximum atomic E-state index is 10.8. The van der Waals surface area contributed by atoms with Crippen molar-refractivity contribution in [2.45, 2.75) is 0 Å². The van der Waals surface area contributed by atoms with Crippen LogP contribution in [0.5, 0.6) is 0 Å². The third kappa shape index (κ3) is 4.56. The van der Waals surface area contributed by atoms with Crippen molar-refractivity contribution in [3.8, 4) is 0 Å². The Morgan fingerprint density at radius 2 is 2.22 bits per heavy atom. The molecule has 0 aliphatic heterocycles. The zero-order valence-corrected chi connectivity index (χ0v) is 10.1. The number of nitrogens with zero attached hydrogens (tertiary/aromatic N) is 1. The van der Waals surface area contributed by atoms with Gasteiger partial charge in [-0.15, -0.1) is 0 Å². The van der Waals surface area contributed by atoms with Gasteiger partial charge in [0.05, 0.1) is 11.6 Å². The highest BCUT2D eigenvalue weighted by atomic mass is 35.5. The number of anilines is 1. The summed E-state index contributed by atoms with van der Waals surface area (Å²) >= 11 is 5.66. The number of nitrogens with one attached hydrogen (secondary N) is 1. The molecule has 1 heterocycles. The predicted octanol–water partition coefficient (Wildman–Crippen LogP) is 0.347. The second kappa shape index (κ2) is 6.77. The highest BCUT2D eigenvalue weighted by Gasteiger charge is 2.11. The molecule has 0 radical (unpaired) electrons. The fourth-order valence-corrected chi connectivity index (χ4v) is 1.30. The van der Waals surface area contributed by atoms with E-state index in [2.05, 4.69) is 10.3 Å². The number of ether oxygens (including phenoxy) is 1. The average Bonchev–Trinajstić information content (AvgIpc) is 2.30. The molecule has 0 bridgehead atoms. The fourth-order valence-electron chi connectivity index (χ4n) is 1.11. The van der Waals surface area contributed by atoms with Crippen LogP contribution in [0.2, 0.25) is 5.02 Å². The molecule has 0 aromatic carbocycles. The zero-order chi connectivity index (χ0) is 13.5. The van der Waals surface area contributed by atoms with E-state index in [1.54, 1.807) is 6.07 Å². The highest BCUT2D eigenvalue weighted by Crippen LogP contribution is 2.16. The first-order valence-corrected chi connectivity index (χ1v) is 5.38. The van der Waals surface area contributed by atoms with E-state index in [0.717, 1.165) is 0 Å². The van der Waals surface area contributed by atoms with E-state index in [4.69, 9.17) is 27.2 Å². The summed E-state index contributed by atoms with van der Waals surface area (Å²) in [7, 11) is 0. The van der Waals surface area contributed by atoms with Crippen molar-refractivity contribution in [1.82, 2.24) is 4.98 Å². The number of aromatic carboxylic acids is 1. The molecule has 8 heteroatoms. The molecule has 0 unspecified atom stereocenters. The minimum Gasteiger partial charge on any atom is -0.476 e. The van der Waals surface area contributed by atoms with Gasteiger partial charge in [-0.25, -0.2) is 9.78 Å². The Labute approximate surface area is 108 Å². The van der Waals surface area contributed by atoms with Gasteiger partial charge >= 0.3 is 5.97 Å². The Morgan fingerprint density at radius 3 is 2.83 bits per heavy atom. The first-order valence-electron chi connectivity index (χ1n) is 5.00. The molecule has 0 atom stereocenters. The molecule has 1 rings (SSSR count). The van der Waals surface area contributed by atoms with Gasteiger partial charge in [0.15, 0.2) is 5.69 Å². The molecule has 0 fully saturated rings. The number of carboxylic acids is 1. The minimum atomic E-state index is -1.20. The second-order valence-electron chi connectivity index (χ2n) is 3.28. The molecule has 18 heavy (non-hydrogen) atoms. The van der Waals surface area contributed by atoms with Crippen LogP contribution in [0.1, 0.15) is 10.5 Å². The topological polar surface area (TPSA) is 115 Å². The van der Waals surface area contributed by atoms with Crippen molar-refractivity contribution in [3.63, 3.8) is 0 Å². The molecule has 0 saturated carbocycles. The van der Waals surface area contributed by atoms with Crippen molar-refractivity contribution in [3.05, 3.63) is 22.8 Å². The van der Waals surface area contributed by atoms with E-state index in [-0.39, 0.29) is 23.9 Å². The van der Waals surface area contributed by atoms with Gasteiger partial charge in [-0.05, 0) is 12.1 Å². The standard InChI is InChI=1S/C10H12ClN3O4/c11-6-1-2-8(14-9(6)10(16)17)13-3-4-18-5-7(12)15/h1-2H,3-5H2,(H2,12,15)(H,13,14)(H,16,17). The van der Waals surface area contributed by atoms with E-state index >= 15 is 0 Å². The molecule has 1 aromatic rings. The molecule has 1 amide bonds. The third-order valence-corrected chi connectivity index (χ3v) is 2.15. The van der Waals surface area contributed by atoms with Gasteiger partial charge in [-0.3, -0.25) is 4.79 Å². The van der Waals surface area contributed by atoms with Gasteiger partial charge in [-0.2, -0.15) is 0 Å². The molecule has 1 aromatic heterocycles. The van der Waals surface area contributed by atoms with Crippen LogP contribution in [0.15, 0.2) is 12.1 Å². The third-order valence-electron chi connectivity index (χ3n) is 1.85. The normalized spacial score (nSPS) is 10.1. The van der Waals surface area contributed by atoms with Gasteiger partial charge in [0.1, 0.15) is 12.4 Å². The fraction of sp³-hybridized carbons (Fsp3) is 0.300. The van der Waals surface area contributed by atoms with E-state index < -0.39 is 11.9 Å². The van der Waals surface area contributed by atoms with E-state index in [1.807, 2.05) is 0 Å². The van der Waals surface area contributed by atoms with E-state index in [0.29, 0.717) is 12.4 Å². The zero-order valence-electron chi connectivity index (χ0n) is 9.35. The number of amides is 1. The maximum Gasteiger partial charge on any atom is 0.356 e. The Balaban J connectivity index is 2.45. The van der Waals surface area contributed by atoms with Crippen molar-refractivity contribution < 1.29 is 19.4 Å². The summed E-state index contributed by atoms with van der Waals surface area (Å²) < 4.78 is 4.91. The summed E-state index contributed by atoms with van der Waals surface area (Å²) in [5.74, 6) is -1.39. The molecular formula is C10H12ClN3O4. The van der Waals surface area contributed by atoms with Crippen molar-refractivity contribution in [2.75, 3.05) is 25.1 Å². The Morgan fingerprint density at radius 1 is 1.50 bits per heavy atom. The van der Waals surface area contributed by atoms with Gasteiger partial charge < -0.3 is 20.9 Å². The summed E-state index contributed by atoms with van der Waals surface area (Å²) in [5, 5.41) is 11.7. The summed E-state index contributed by atoms with van der Waals surface area (Å²) in [4.78, 5) is 25.0. The SMILES string of the molecule is NC(=O)COCCNc1ccc(Cl)c(C(=O)O)n1. The second-order valence-corrected chi connectivity index (χ2v) is 3.68. The molecule has 0 aliphatic rings. The Hall–Kier alpha value is -1.86. The lowest BCUT2D eigenvalue weighted by Crippen LogP contribution is -2.20. The number of carbonyl (C=O) groups is 2. The molecule has 0 saturated heterocycles. The van der Waals surface area contributed by atoms with Crippen molar-refractivity contribution in [1.29, 1.82) is 0 Å². The van der Waals surface area contributed by atoms with Crippen LogP contribution in [0.25, 0.3) is 0 Å². The molecule has 0 aliphatic carbocycles. The number of rotatable bonds is 7. The molecule has 7 nitrogen and oxygen atoms in total. The lowest BCUT2D eigenvalue weighted by Gasteiger charge is -2.07. The van der Waals surface area contributed by atoms with Crippen LogP contribution in [0.3, 0.4) is 0 Å². The van der Waals surface area contributed by atoms with Crippen molar-refractivity contribution >= 4 is 29.3 Å². The number of carbonyl (C=O) groups excluding carboxylic acids is 1. The minimum absolute atomic E-state index is 0.0676. The highest BCUT2D eigenvalue weighted by molar-refractivity contribution is 6.33. The number of aromatic nitrogens is 1. The first-order chi connectivity index (χ1) is 8.50. The lowest BCUT2D eigenvalue weighted by atomic mass is 10.3. The first kappa shape index (κ1) is 14.2. The quantitative estimate of drug-likeness (QED) is 0.618.